The number of rotatable bonds is 6. The molecule has 0 radical (unpaired) electrons. The Bertz CT molecular complexity index is 426. The first kappa shape index (κ1) is 15.2. The number of hydrogen-bond donors (Lipinski definition) is 1. The molecule has 0 unspecified atom stereocenters. The van der Waals surface area contributed by atoms with Crippen LogP contribution in [-0.2, 0) is 16.0 Å². The van der Waals surface area contributed by atoms with Gasteiger partial charge in [0.15, 0.2) is 0 Å². The lowest BCUT2D eigenvalue weighted by Crippen LogP contribution is -2.37. The topological polar surface area (TPSA) is 49.4 Å². The van der Waals surface area contributed by atoms with E-state index in [-0.39, 0.29) is 18.4 Å². The zero-order valence-electron chi connectivity index (χ0n) is 11.9. The predicted octanol–water partition coefficient (Wildman–Crippen LogP) is 2.45. The molecule has 1 aromatic rings. The number of nitrogens with one attached hydrogen (secondary N) is 1. The zero-order chi connectivity index (χ0) is 14.3. The van der Waals surface area contributed by atoms with E-state index in [2.05, 4.69) is 12.2 Å². The van der Waals surface area contributed by atoms with Crippen LogP contribution >= 0.6 is 0 Å². The second-order valence-electron chi connectivity index (χ2n) is 4.54. The van der Waals surface area contributed by atoms with E-state index in [9.17, 15) is 9.59 Å². The van der Waals surface area contributed by atoms with E-state index in [0.29, 0.717) is 6.54 Å². The molecule has 1 aromatic carbocycles. The summed E-state index contributed by atoms with van der Waals surface area (Å²) in [5.41, 5.74) is 2.00. The number of benzene rings is 1. The molecule has 0 aliphatic carbocycles. The number of hydrogen-bond acceptors (Lipinski definition) is 2. The van der Waals surface area contributed by atoms with Crippen LogP contribution in [0.2, 0.25) is 0 Å². The van der Waals surface area contributed by atoms with Gasteiger partial charge in [-0.05, 0) is 30.5 Å². The molecule has 0 atom stereocenters. The van der Waals surface area contributed by atoms with Crippen molar-refractivity contribution in [2.24, 2.45) is 0 Å². The van der Waals surface area contributed by atoms with Crippen LogP contribution < -0.4 is 5.32 Å². The van der Waals surface area contributed by atoms with Crippen LogP contribution in [-0.4, -0.2) is 29.8 Å². The molecule has 1 rings (SSSR count). The highest BCUT2D eigenvalue weighted by Crippen LogP contribution is 2.10. The van der Waals surface area contributed by atoms with E-state index in [1.54, 1.807) is 4.90 Å². The van der Waals surface area contributed by atoms with Gasteiger partial charge in [0.1, 0.15) is 0 Å². The number of carbonyl (C=O) groups excluding carboxylic acids is 2. The number of amides is 2. The second kappa shape index (κ2) is 7.56. The highest BCUT2D eigenvalue weighted by molar-refractivity contribution is 5.94. The van der Waals surface area contributed by atoms with E-state index < -0.39 is 0 Å². The molecule has 104 valence electrons. The Kier molecular flexibility index (Phi) is 6.06. The first-order valence-electron chi connectivity index (χ1n) is 6.71. The Morgan fingerprint density at radius 1 is 1.16 bits per heavy atom. The van der Waals surface area contributed by atoms with Crippen molar-refractivity contribution in [2.45, 2.75) is 33.6 Å². The molecule has 4 heteroatoms. The van der Waals surface area contributed by atoms with Crippen molar-refractivity contribution in [3.8, 4) is 0 Å². The minimum absolute atomic E-state index is 0.0710. The SMILES string of the molecule is CCCN(CC(=O)Nc1ccc(CC)cc1)C(C)=O. The zero-order valence-corrected chi connectivity index (χ0v) is 11.9. The lowest BCUT2D eigenvalue weighted by molar-refractivity contribution is -0.132. The minimum Gasteiger partial charge on any atom is -0.334 e. The highest BCUT2D eigenvalue weighted by Gasteiger charge is 2.12. The normalized spacial score (nSPS) is 10.1. The molecule has 2 amide bonds. The van der Waals surface area contributed by atoms with Gasteiger partial charge in [0.2, 0.25) is 11.8 Å². The molecule has 0 spiro atoms. The summed E-state index contributed by atoms with van der Waals surface area (Å²) in [6, 6.07) is 7.75. The van der Waals surface area contributed by atoms with Crippen LogP contribution in [0.15, 0.2) is 24.3 Å². The van der Waals surface area contributed by atoms with Gasteiger partial charge in [-0.2, -0.15) is 0 Å². The summed E-state index contributed by atoms with van der Waals surface area (Å²) in [6.45, 7) is 6.27. The Morgan fingerprint density at radius 2 is 1.79 bits per heavy atom. The summed E-state index contributed by atoms with van der Waals surface area (Å²) in [5.74, 6) is -0.230. The van der Waals surface area contributed by atoms with Crippen molar-refractivity contribution in [2.75, 3.05) is 18.4 Å². The van der Waals surface area contributed by atoms with Crippen molar-refractivity contribution in [3.05, 3.63) is 29.8 Å². The van der Waals surface area contributed by atoms with E-state index in [0.717, 1.165) is 18.5 Å². The third-order valence-electron chi connectivity index (χ3n) is 2.92. The van der Waals surface area contributed by atoms with Crippen molar-refractivity contribution in [1.29, 1.82) is 0 Å². The average Bonchev–Trinajstić information content (AvgIpc) is 2.39. The lowest BCUT2D eigenvalue weighted by Gasteiger charge is -2.19. The molecule has 0 heterocycles. The molecule has 0 saturated heterocycles. The first-order chi connectivity index (χ1) is 9.06. The van der Waals surface area contributed by atoms with Gasteiger partial charge in [0, 0.05) is 19.2 Å². The fraction of sp³-hybridized carbons (Fsp3) is 0.467. The predicted molar refractivity (Wildman–Crippen MR) is 77.0 cm³/mol. The second-order valence-corrected chi connectivity index (χ2v) is 4.54. The summed E-state index contributed by atoms with van der Waals surface area (Å²) in [5, 5.41) is 2.80. The van der Waals surface area contributed by atoms with Gasteiger partial charge in [-0.1, -0.05) is 26.0 Å². The molecule has 4 nitrogen and oxygen atoms in total. The summed E-state index contributed by atoms with van der Waals surface area (Å²) < 4.78 is 0. The highest BCUT2D eigenvalue weighted by atomic mass is 16.2. The Hall–Kier alpha value is -1.84. The maximum absolute atomic E-state index is 11.9. The number of aryl methyl sites for hydroxylation is 1. The van der Waals surface area contributed by atoms with Crippen LogP contribution in [0.25, 0.3) is 0 Å². The summed E-state index contributed by atoms with van der Waals surface area (Å²) in [4.78, 5) is 24.8. The fourth-order valence-corrected chi connectivity index (χ4v) is 1.82. The third-order valence-corrected chi connectivity index (χ3v) is 2.92. The van der Waals surface area contributed by atoms with E-state index >= 15 is 0 Å². The standard InChI is InChI=1S/C15H22N2O2/c1-4-10-17(12(3)18)11-15(19)16-14-8-6-13(5-2)7-9-14/h6-9H,4-5,10-11H2,1-3H3,(H,16,19). The number of carbonyl (C=O) groups is 2. The quantitative estimate of drug-likeness (QED) is 0.856. The van der Waals surface area contributed by atoms with Gasteiger partial charge in [0.25, 0.3) is 0 Å². The summed E-state index contributed by atoms with van der Waals surface area (Å²) in [7, 11) is 0. The lowest BCUT2D eigenvalue weighted by atomic mass is 10.1. The van der Waals surface area contributed by atoms with Gasteiger partial charge >= 0.3 is 0 Å². The van der Waals surface area contributed by atoms with Gasteiger partial charge in [0.05, 0.1) is 6.54 Å². The van der Waals surface area contributed by atoms with Crippen molar-refractivity contribution < 1.29 is 9.59 Å². The largest absolute Gasteiger partial charge is 0.334 e. The molecule has 1 N–H and O–H groups in total. The first-order valence-corrected chi connectivity index (χ1v) is 6.71. The van der Waals surface area contributed by atoms with Crippen LogP contribution in [0.1, 0.15) is 32.8 Å². The molecule has 0 aromatic heterocycles. The molecular formula is C15H22N2O2. The van der Waals surface area contributed by atoms with Crippen molar-refractivity contribution >= 4 is 17.5 Å². The third kappa shape index (κ3) is 5.12. The smallest absolute Gasteiger partial charge is 0.243 e. The molecule has 0 saturated carbocycles. The van der Waals surface area contributed by atoms with E-state index in [1.165, 1.54) is 12.5 Å². The molecule has 0 aliphatic rings. The fourth-order valence-electron chi connectivity index (χ4n) is 1.82. The Morgan fingerprint density at radius 3 is 2.26 bits per heavy atom. The molecular weight excluding hydrogens is 240 g/mol. The van der Waals surface area contributed by atoms with Crippen molar-refractivity contribution in [1.82, 2.24) is 4.90 Å². The monoisotopic (exact) mass is 262 g/mol. The minimum atomic E-state index is -0.159. The average molecular weight is 262 g/mol. The van der Waals surface area contributed by atoms with Gasteiger partial charge in [-0.15, -0.1) is 0 Å². The number of nitrogens with zero attached hydrogens (tertiary/aromatic N) is 1. The van der Waals surface area contributed by atoms with Gasteiger partial charge in [-0.25, -0.2) is 0 Å². The molecule has 0 fully saturated rings. The van der Waals surface area contributed by atoms with Crippen LogP contribution in [0.5, 0.6) is 0 Å². The summed E-state index contributed by atoms with van der Waals surface area (Å²) >= 11 is 0. The van der Waals surface area contributed by atoms with Crippen LogP contribution in [0, 0.1) is 0 Å². The Labute approximate surface area is 114 Å². The maximum atomic E-state index is 11.9. The van der Waals surface area contributed by atoms with E-state index in [1.807, 2.05) is 31.2 Å². The van der Waals surface area contributed by atoms with Gasteiger partial charge < -0.3 is 10.2 Å². The maximum Gasteiger partial charge on any atom is 0.243 e. The summed E-state index contributed by atoms with van der Waals surface area (Å²) in [6.07, 6.45) is 1.82. The Balaban J connectivity index is 2.55. The van der Waals surface area contributed by atoms with E-state index in [4.69, 9.17) is 0 Å². The molecule has 19 heavy (non-hydrogen) atoms. The van der Waals surface area contributed by atoms with Crippen molar-refractivity contribution in [3.63, 3.8) is 0 Å². The van der Waals surface area contributed by atoms with Gasteiger partial charge in [-0.3, -0.25) is 9.59 Å². The molecule has 0 bridgehead atoms. The van der Waals surface area contributed by atoms with Crippen LogP contribution in [0.3, 0.4) is 0 Å². The number of anilines is 1. The molecule has 0 aliphatic heterocycles. The van der Waals surface area contributed by atoms with Crippen LogP contribution in [0.4, 0.5) is 5.69 Å².